The molecule has 0 aromatic heterocycles. The highest BCUT2D eigenvalue weighted by atomic mass is 79.9. The topological polar surface area (TPSA) is 58.6 Å². The predicted octanol–water partition coefficient (Wildman–Crippen LogP) is 5.12. The molecule has 2 unspecified atom stereocenters. The molecule has 162 valence electrons. The molecule has 0 aliphatic heterocycles. The number of benzene rings is 2. The van der Waals surface area contributed by atoms with E-state index in [-0.39, 0.29) is 24.5 Å². The molecule has 0 aliphatic carbocycles. The van der Waals surface area contributed by atoms with Crippen LogP contribution in [0.15, 0.2) is 46.9 Å². The van der Waals surface area contributed by atoms with Gasteiger partial charge in [-0.3, -0.25) is 9.59 Å². The van der Waals surface area contributed by atoms with Gasteiger partial charge in [-0.05, 0) is 72.4 Å². The van der Waals surface area contributed by atoms with E-state index in [1.165, 1.54) is 0 Å². The van der Waals surface area contributed by atoms with Crippen LogP contribution in [0.3, 0.4) is 0 Å². The minimum Gasteiger partial charge on any atom is -0.483 e. The summed E-state index contributed by atoms with van der Waals surface area (Å²) in [4.78, 5) is 27.4. The molecule has 2 atom stereocenters. The van der Waals surface area contributed by atoms with Crippen molar-refractivity contribution in [3.8, 4) is 5.75 Å². The Morgan fingerprint density at radius 1 is 1.20 bits per heavy atom. The Bertz CT molecular complexity index is 891. The van der Waals surface area contributed by atoms with Crippen LogP contribution in [0, 0.1) is 6.92 Å². The lowest BCUT2D eigenvalue weighted by Crippen LogP contribution is -2.50. The van der Waals surface area contributed by atoms with Crippen molar-refractivity contribution >= 4 is 39.3 Å². The molecule has 0 aliphatic rings. The highest BCUT2D eigenvalue weighted by Crippen LogP contribution is 2.28. The molecule has 0 fully saturated rings. The third kappa shape index (κ3) is 6.74. The van der Waals surface area contributed by atoms with Gasteiger partial charge in [-0.2, -0.15) is 0 Å². The maximum absolute atomic E-state index is 13.1. The van der Waals surface area contributed by atoms with Gasteiger partial charge in [-0.15, -0.1) is 0 Å². The highest BCUT2D eigenvalue weighted by Gasteiger charge is 2.27. The maximum atomic E-state index is 13.1. The highest BCUT2D eigenvalue weighted by molar-refractivity contribution is 9.10. The van der Waals surface area contributed by atoms with Crippen LogP contribution >= 0.6 is 27.5 Å². The van der Waals surface area contributed by atoms with Crippen LogP contribution in [-0.2, 0) is 16.1 Å². The molecule has 0 spiro atoms. The van der Waals surface area contributed by atoms with Crippen molar-refractivity contribution < 1.29 is 14.3 Å². The molecule has 2 rings (SSSR count). The average molecular weight is 496 g/mol. The molecule has 30 heavy (non-hydrogen) atoms. The van der Waals surface area contributed by atoms with Gasteiger partial charge in [0.1, 0.15) is 11.8 Å². The van der Waals surface area contributed by atoms with Crippen molar-refractivity contribution in [1.82, 2.24) is 10.2 Å². The second kappa shape index (κ2) is 11.4. The number of carbonyl (C=O) groups excluding carboxylic acids is 2. The van der Waals surface area contributed by atoms with Crippen LogP contribution in [0.25, 0.3) is 0 Å². The Morgan fingerprint density at radius 3 is 2.53 bits per heavy atom. The molecule has 2 aromatic carbocycles. The number of aryl methyl sites for hydroxylation is 1. The number of nitrogens with zero attached hydrogens (tertiary/aromatic N) is 1. The largest absolute Gasteiger partial charge is 0.483 e. The van der Waals surface area contributed by atoms with Crippen molar-refractivity contribution in [3.05, 3.63) is 63.1 Å². The number of halogens is 2. The Hall–Kier alpha value is -2.05. The first-order valence-corrected chi connectivity index (χ1v) is 11.1. The quantitative estimate of drug-likeness (QED) is 0.525. The van der Waals surface area contributed by atoms with Crippen LogP contribution in [0.2, 0.25) is 5.02 Å². The summed E-state index contributed by atoms with van der Waals surface area (Å²) in [5, 5.41) is 3.53. The van der Waals surface area contributed by atoms with E-state index in [2.05, 4.69) is 21.2 Å². The first-order chi connectivity index (χ1) is 14.2. The van der Waals surface area contributed by atoms with E-state index in [0.29, 0.717) is 21.8 Å². The summed E-state index contributed by atoms with van der Waals surface area (Å²) >= 11 is 9.35. The van der Waals surface area contributed by atoms with Crippen molar-refractivity contribution in [2.24, 2.45) is 0 Å². The molecule has 1 N–H and O–H groups in total. The molecule has 7 heteroatoms. The van der Waals surface area contributed by atoms with Gasteiger partial charge in [0.2, 0.25) is 5.91 Å². The van der Waals surface area contributed by atoms with Crippen LogP contribution in [-0.4, -0.2) is 35.4 Å². The molecule has 2 amide bonds. The number of hydrogen-bond donors (Lipinski definition) is 1. The van der Waals surface area contributed by atoms with E-state index in [9.17, 15) is 9.59 Å². The van der Waals surface area contributed by atoms with Crippen LogP contribution in [0.4, 0.5) is 0 Å². The van der Waals surface area contributed by atoms with Gasteiger partial charge in [0, 0.05) is 17.6 Å². The summed E-state index contributed by atoms with van der Waals surface area (Å²) in [6, 6.07) is 12.3. The minimum absolute atomic E-state index is 0.0386. The van der Waals surface area contributed by atoms with Gasteiger partial charge in [0.25, 0.3) is 5.91 Å². The lowest BCUT2D eigenvalue weighted by Gasteiger charge is -2.30. The molecule has 2 aromatic rings. The average Bonchev–Trinajstić information content (AvgIpc) is 2.71. The summed E-state index contributed by atoms with van der Waals surface area (Å²) < 4.78 is 6.37. The molecule has 5 nitrogen and oxygen atoms in total. The Kier molecular flexibility index (Phi) is 9.18. The SMILES string of the molecule is CCC(C)NC(=O)C(C)N(Cc1ccccc1C)C(=O)COc1ccc(Cl)cc1Br. The third-order valence-corrected chi connectivity index (χ3v) is 5.87. The van der Waals surface area contributed by atoms with Gasteiger partial charge in [-0.1, -0.05) is 42.8 Å². The zero-order valence-corrected chi connectivity index (χ0v) is 20.1. The van der Waals surface area contributed by atoms with Crippen molar-refractivity contribution in [2.45, 2.75) is 52.7 Å². The molecule has 0 radical (unpaired) electrons. The number of hydrogen-bond acceptors (Lipinski definition) is 3. The Labute approximate surface area is 191 Å². The third-order valence-electron chi connectivity index (χ3n) is 5.02. The van der Waals surface area contributed by atoms with E-state index < -0.39 is 6.04 Å². The molecule has 0 saturated carbocycles. The molecule has 0 heterocycles. The lowest BCUT2D eigenvalue weighted by molar-refractivity contribution is -0.142. The first kappa shape index (κ1) is 24.2. The van der Waals surface area contributed by atoms with Crippen LogP contribution in [0.5, 0.6) is 5.75 Å². The molecular weight excluding hydrogens is 468 g/mol. The first-order valence-electron chi connectivity index (χ1n) is 9.95. The Morgan fingerprint density at radius 2 is 1.90 bits per heavy atom. The van der Waals surface area contributed by atoms with E-state index in [1.807, 2.05) is 45.0 Å². The normalized spacial score (nSPS) is 12.7. The minimum atomic E-state index is -0.636. The fraction of sp³-hybridized carbons (Fsp3) is 0.391. The van der Waals surface area contributed by atoms with E-state index in [0.717, 1.165) is 17.5 Å². The summed E-state index contributed by atoms with van der Waals surface area (Å²) in [6.45, 7) is 7.82. The smallest absolute Gasteiger partial charge is 0.261 e. The fourth-order valence-electron chi connectivity index (χ4n) is 2.83. The fourth-order valence-corrected chi connectivity index (χ4v) is 3.63. The lowest BCUT2D eigenvalue weighted by atomic mass is 10.1. The zero-order valence-electron chi connectivity index (χ0n) is 17.7. The van der Waals surface area contributed by atoms with Crippen LogP contribution in [0.1, 0.15) is 38.3 Å². The number of nitrogens with one attached hydrogen (secondary N) is 1. The summed E-state index contributed by atoms with van der Waals surface area (Å²) in [6.07, 6.45) is 0.817. The molecule has 0 bridgehead atoms. The number of rotatable bonds is 9. The van der Waals surface area contributed by atoms with Crippen molar-refractivity contribution in [1.29, 1.82) is 0 Å². The standard InChI is InChI=1S/C23H28BrClN2O3/c1-5-16(3)26-23(29)17(4)27(13-18-9-7-6-8-15(18)2)22(28)14-30-21-11-10-19(25)12-20(21)24/h6-12,16-17H,5,13-14H2,1-4H3,(H,26,29). The monoisotopic (exact) mass is 494 g/mol. The number of ether oxygens (including phenoxy) is 1. The number of amides is 2. The van der Waals surface area contributed by atoms with E-state index in [4.69, 9.17) is 16.3 Å². The zero-order chi connectivity index (χ0) is 22.3. The van der Waals surface area contributed by atoms with Gasteiger partial charge in [0.05, 0.1) is 4.47 Å². The molecular formula is C23H28BrClN2O3. The second-order valence-electron chi connectivity index (χ2n) is 7.31. The van der Waals surface area contributed by atoms with Crippen molar-refractivity contribution in [3.63, 3.8) is 0 Å². The predicted molar refractivity (Wildman–Crippen MR) is 124 cm³/mol. The van der Waals surface area contributed by atoms with Gasteiger partial charge in [0.15, 0.2) is 6.61 Å². The van der Waals surface area contributed by atoms with Gasteiger partial charge in [-0.25, -0.2) is 0 Å². The van der Waals surface area contributed by atoms with E-state index in [1.54, 1.807) is 30.0 Å². The summed E-state index contributed by atoms with van der Waals surface area (Å²) in [7, 11) is 0. The van der Waals surface area contributed by atoms with E-state index >= 15 is 0 Å². The van der Waals surface area contributed by atoms with Crippen LogP contribution < -0.4 is 10.1 Å². The summed E-state index contributed by atoms with van der Waals surface area (Å²) in [5.74, 6) is 0.0613. The van der Waals surface area contributed by atoms with Crippen molar-refractivity contribution in [2.75, 3.05) is 6.61 Å². The van der Waals surface area contributed by atoms with Gasteiger partial charge < -0.3 is 15.0 Å². The summed E-state index contributed by atoms with van der Waals surface area (Å²) in [5.41, 5.74) is 2.05. The number of carbonyl (C=O) groups is 2. The Balaban J connectivity index is 2.19. The second-order valence-corrected chi connectivity index (χ2v) is 8.60. The van der Waals surface area contributed by atoms with Gasteiger partial charge >= 0.3 is 0 Å². The molecule has 0 saturated heterocycles. The maximum Gasteiger partial charge on any atom is 0.261 e.